The van der Waals surface area contributed by atoms with E-state index in [1.165, 1.54) is 0 Å². The molecular weight excluding hydrogens is 368 g/mol. The summed E-state index contributed by atoms with van der Waals surface area (Å²) < 4.78 is 12.1. The Kier molecular flexibility index (Phi) is 5.01. The average molecular weight is 394 g/mol. The normalized spacial score (nSPS) is 25.3. The summed E-state index contributed by atoms with van der Waals surface area (Å²) in [7, 11) is 0. The number of aromatic nitrogens is 5. The van der Waals surface area contributed by atoms with E-state index in [1.54, 1.807) is 6.33 Å². The van der Waals surface area contributed by atoms with Crippen LogP contribution in [0.5, 0.6) is 5.88 Å². The molecule has 1 atom stereocenters. The van der Waals surface area contributed by atoms with Crippen molar-refractivity contribution in [2.24, 2.45) is 0 Å². The van der Waals surface area contributed by atoms with Crippen LogP contribution in [0.1, 0.15) is 44.3 Å². The molecule has 0 spiro atoms. The molecule has 3 aromatic heterocycles. The maximum Gasteiger partial charge on any atom is 0.225 e. The predicted molar refractivity (Wildman–Crippen MR) is 109 cm³/mol. The van der Waals surface area contributed by atoms with Gasteiger partial charge < -0.3 is 14.4 Å². The fourth-order valence-electron chi connectivity index (χ4n) is 4.33. The number of nitrogens with zero attached hydrogens (tertiary/aromatic N) is 5. The fraction of sp³-hybridized carbons (Fsp3) is 0.524. The van der Waals surface area contributed by atoms with Crippen LogP contribution >= 0.6 is 0 Å². The predicted octanol–water partition coefficient (Wildman–Crippen LogP) is 3.08. The van der Waals surface area contributed by atoms with Crippen molar-refractivity contribution in [2.45, 2.75) is 50.7 Å². The second kappa shape index (κ2) is 7.94. The number of morpholine rings is 1. The highest BCUT2D eigenvalue weighted by atomic mass is 16.5. The van der Waals surface area contributed by atoms with Gasteiger partial charge in [-0.05, 0) is 44.7 Å². The van der Waals surface area contributed by atoms with E-state index < -0.39 is 0 Å². The summed E-state index contributed by atoms with van der Waals surface area (Å²) >= 11 is 0. The summed E-state index contributed by atoms with van der Waals surface area (Å²) in [5.41, 5.74) is 0.919. The van der Waals surface area contributed by atoms with Crippen molar-refractivity contribution < 1.29 is 9.47 Å². The third kappa shape index (κ3) is 3.89. The molecule has 2 aliphatic rings. The van der Waals surface area contributed by atoms with Crippen LogP contribution in [0.4, 0.5) is 5.82 Å². The fourth-order valence-corrected chi connectivity index (χ4v) is 4.33. The summed E-state index contributed by atoms with van der Waals surface area (Å²) in [4.78, 5) is 16.0. The second-order valence-electron chi connectivity index (χ2n) is 7.95. The minimum atomic E-state index is 0.156. The van der Waals surface area contributed by atoms with Crippen LogP contribution in [-0.4, -0.2) is 57.1 Å². The molecule has 0 bridgehead atoms. The molecule has 152 valence electrons. The molecule has 0 radical (unpaired) electrons. The number of hydrogen-bond donors (Lipinski definition) is 1. The summed E-state index contributed by atoms with van der Waals surface area (Å²) in [6.45, 7) is 4.46. The minimum absolute atomic E-state index is 0.156. The smallest absolute Gasteiger partial charge is 0.225 e. The van der Waals surface area contributed by atoms with Crippen molar-refractivity contribution in [3.05, 3.63) is 36.5 Å². The van der Waals surface area contributed by atoms with Gasteiger partial charge in [-0.3, -0.25) is 10.1 Å². The standard InChI is InChI=1S/C21H26N6O2/c1-14-12-27(9-10-28-14)19-11-18-17(3-2-8-22-18)21(25-19)29-16-6-4-15(5-7-16)20-23-13-24-26-20/h2-3,8,11,13-16H,4-7,9-10,12H2,1H3,(H,23,24,26)/t14-,15?,16?/m1/s1. The molecule has 1 saturated carbocycles. The molecule has 29 heavy (non-hydrogen) atoms. The van der Waals surface area contributed by atoms with Crippen molar-refractivity contribution >= 4 is 16.7 Å². The van der Waals surface area contributed by atoms with Crippen LogP contribution in [0.15, 0.2) is 30.7 Å². The molecule has 3 aromatic rings. The zero-order chi connectivity index (χ0) is 19.6. The van der Waals surface area contributed by atoms with Gasteiger partial charge in [0.15, 0.2) is 0 Å². The first-order valence-electron chi connectivity index (χ1n) is 10.4. The van der Waals surface area contributed by atoms with Crippen molar-refractivity contribution in [2.75, 3.05) is 24.6 Å². The number of aromatic amines is 1. The Morgan fingerprint density at radius 1 is 1.21 bits per heavy atom. The van der Waals surface area contributed by atoms with Crippen LogP contribution in [-0.2, 0) is 4.74 Å². The molecule has 1 N–H and O–H groups in total. The average Bonchev–Trinajstić information content (AvgIpc) is 3.29. The number of hydrogen-bond acceptors (Lipinski definition) is 7. The molecule has 8 nitrogen and oxygen atoms in total. The largest absolute Gasteiger partial charge is 0.474 e. The first-order chi connectivity index (χ1) is 14.3. The molecule has 8 heteroatoms. The van der Waals surface area contributed by atoms with Gasteiger partial charge in [-0.15, -0.1) is 0 Å². The van der Waals surface area contributed by atoms with Gasteiger partial charge in [-0.1, -0.05) is 0 Å². The molecule has 5 rings (SSSR count). The molecule has 1 aliphatic carbocycles. The number of anilines is 1. The highest BCUT2D eigenvalue weighted by molar-refractivity contribution is 5.85. The minimum Gasteiger partial charge on any atom is -0.474 e. The van der Waals surface area contributed by atoms with Crippen LogP contribution in [0.25, 0.3) is 10.9 Å². The van der Waals surface area contributed by atoms with E-state index in [-0.39, 0.29) is 12.2 Å². The van der Waals surface area contributed by atoms with E-state index in [4.69, 9.17) is 14.5 Å². The second-order valence-corrected chi connectivity index (χ2v) is 7.95. The summed E-state index contributed by atoms with van der Waals surface area (Å²) in [6.07, 6.45) is 7.79. The molecule has 0 aromatic carbocycles. The molecule has 1 aliphatic heterocycles. The van der Waals surface area contributed by atoms with E-state index >= 15 is 0 Å². The van der Waals surface area contributed by atoms with Gasteiger partial charge >= 0.3 is 0 Å². The lowest BCUT2D eigenvalue weighted by atomic mass is 9.87. The Bertz CT molecular complexity index is 955. The van der Waals surface area contributed by atoms with E-state index in [1.807, 2.05) is 18.3 Å². The first-order valence-corrected chi connectivity index (χ1v) is 10.4. The zero-order valence-electron chi connectivity index (χ0n) is 16.6. The number of rotatable bonds is 4. The lowest BCUT2D eigenvalue weighted by Gasteiger charge is -2.33. The molecular formula is C21H26N6O2. The molecule has 4 heterocycles. The number of pyridine rings is 2. The van der Waals surface area contributed by atoms with Crippen LogP contribution < -0.4 is 9.64 Å². The summed E-state index contributed by atoms with van der Waals surface area (Å²) in [6, 6.07) is 6.03. The Hall–Kier alpha value is -2.74. The van der Waals surface area contributed by atoms with Gasteiger partial charge in [-0.2, -0.15) is 10.1 Å². The third-order valence-corrected chi connectivity index (χ3v) is 5.89. The van der Waals surface area contributed by atoms with Gasteiger partial charge in [0.1, 0.15) is 24.1 Å². The van der Waals surface area contributed by atoms with Crippen LogP contribution in [0.2, 0.25) is 0 Å². The topological polar surface area (TPSA) is 89.1 Å². The lowest BCUT2D eigenvalue weighted by molar-refractivity contribution is 0.0528. The van der Waals surface area contributed by atoms with Crippen molar-refractivity contribution in [1.29, 1.82) is 0 Å². The van der Waals surface area contributed by atoms with Gasteiger partial charge in [0.05, 0.1) is 23.6 Å². The van der Waals surface area contributed by atoms with E-state index in [2.05, 4.69) is 38.1 Å². The lowest BCUT2D eigenvalue weighted by Crippen LogP contribution is -2.41. The molecule has 1 saturated heterocycles. The Balaban J connectivity index is 1.36. The summed E-state index contributed by atoms with van der Waals surface area (Å²) in [5.74, 6) is 3.02. The first kappa shape index (κ1) is 18.3. The van der Waals surface area contributed by atoms with E-state index in [9.17, 15) is 0 Å². The maximum atomic E-state index is 6.44. The number of ether oxygens (including phenoxy) is 2. The number of fused-ring (bicyclic) bond motifs is 1. The van der Waals surface area contributed by atoms with Crippen molar-refractivity contribution in [1.82, 2.24) is 25.1 Å². The van der Waals surface area contributed by atoms with Crippen LogP contribution in [0, 0.1) is 0 Å². The highest BCUT2D eigenvalue weighted by Gasteiger charge is 2.27. The SMILES string of the molecule is C[C@@H]1CN(c2cc3ncccc3c(OC3CCC(c4ncn[nH]4)CC3)n2)CCO1. The maximum absolute atomic E-state index is 6.44. The quantitative estimate of drug-likeness (QED) is 0.727. The van der Waals surface area contributed by atoms with Gasteiger partial charge in [-0.25, -0.2) is 4.98 Å². The van der Waals surface area contributed by atoms with Crippen molar-refractivity contribution in [3.8, 4) is 5.88 Å². The Labute approximate surface area is 169 Å². The van der Waals surface area contributed by atoms with E-state index in [0.29, 0.717) is 18.4 Å². The third-order valence-electron chi connectivity index (χ3n) is 5.89. The highest BCUT2D eigenvalue weighted by Crippen LogP contribution is 2.35. The van der Waals surface area contributed by atoms with Gasteiger partial charge in [0.25, 0.3) is 0 Å². The summed E-state index contributed by atoms with van der Waals surface area (Å²) in [5, 5.41) is 7.95. The number of H-pyrrole nitrogens is 1. The van der Waals surface area contributed by atoms with Crippen LogP contribution in [0.3, 0.4) is 0 Å². The monoisotopic (exact) mass is 394 g/mol. The molecule has 2 fully saturated rings. The van der Waals surface area contributed by atoms with Gasteiger partial charge in [0, 0.05) is 31.3 Å². The van der Waals surface area contributed by atoms with Gasteiger partial charge in [0.2, 0.25) is 5.88 Å². The van der Waals surface area contributed by atoms with E-state index in [0.717, 1.165) is 61.3 Å². The number of nitrogens with one attached hydrogen (secondary N) is 1. The zero-order valence-corrected chi connectivity index (χ0v) is 16.6. The molecule has 0 unspecified atom stereocenters. The Morgan fingerprint density at radius 2 is 2.10 bits per heavy atom. The van der Waals surface area contributed by atoms with Crippen molar-refractivity contribution in [3.63, 3.8) is 0 Å². The Morgan fingerprint density at radius 3 is 2.90 bits per heavy atom. The molecule has 0 amide bonds.